The molecule has 0 radical (unpaired) electrons. The molecule has 0 N–H and O–H groups in total. The number of hydrogen-bond acceptors (Lipinski definition) is 3. The second kappa shape index (κ2) is 5.47. The van der Waals surface area contributed by atoms with Crippen LogP contribution < -0.4 is 14.4 Å². The van der Waals surface area contributed by atoms with Crippen molar-refractivity contribution in [3.8, 4) is 11.5 Å². The SMILES string of the molecule is CC1Cc2ccccc2N1C(=O)C=Cc1ccc2c(c1)OCO2. The summed E-state index contributed by atoms with van der Waals surface area (Å²) in [6.45, 7) is 2.33. The molecule has 0 aromatic heterocycles. The largest absolute Gasteiger partial charge is 0.454 e. The number of hydrogen-bond donors (Lipinski definition) is 0. The highest BCUT2D eigenvalue weighted by Crippen LogP contribution is 2.34. The minimum Gasteiger partial charge on any atom is -0.454 e. The molecule has 4 nitrogen and oxygen atoms in total. The first-order valence-corrected chi connectivity index (χ1v) is 7.71. The topological polar surface area (TPSA) is 38.8 Å². The van der Waals surface area contributed by atoms with Crippen molar-refractivity contribution in [2.75, 3.05) is 11.7 Å². The van der Waals surface area contributed by atoms with E-state index in [0.717, 1.165) is 29.2 Å². The first kappa shape index (κ1) is 13.9. The quantitative estimate of drug-likeness (QED) is 0.798. The van der Waals surface area contributed by atoms with Crippen LogP contribution >= 0.6 is 0 Å². The number of anilines is 1. The molecule has 2 aromatic rings. The van der Waals surface area contributed by atoms with Crippen LogP contribution in [0.3, 0.4) is 0 Å². The molecule has 0 saturated heterocycles. The molecule has 1 unspecified atom stereocenters. The average molecular weight is 307 g/mol. The number of rotatable bonds is 2. The zero-order valence-corrected chi connectivity index (χ0v) is 12.9. The Hall–Kier alpha value is -2.75. The lowest BCUT2D eigenvalue weighted by Gasteiger charge is -2.20. The van der Waals surface area contributed by atoms with Gasteiger partial charge in [0.25, 0.3) is 5.91 Å². The van der Waals surface area contributed by atoms with E-state index in [4.69, 9.17) is 9.47 Å². The third-order valence-electron chi connectivity index (χ3n) is 4.26. The first-order chi connectivity index (χ1) is 11.2. The van der Waals surface area contributed by atoms with Crippen molar-refractivity contribution < 1.29 is 14.3 Å². The zero-order chi connectivity index (χ0) is 15.8. The van der Waals surface area contributed by atoms with Crippen LogP contribution in [0.15, 0.2) is 48.5 Å². The third-order valence-corrected chi connectivity index (χ3v) is 4.26. The van der Waals surface area contributed by atoms with Crippen molar-refractivity contribution >= 4 is 17.7 Å². The van der Waals surface area contributed by atoms with Gasteiger partial charge in [-0.3, -0.25) is 4.79 Å². The summed E-state index contributed by atoms with van der Waals surface area (Å²) in [7, 11) is 0. The summed E-state index contributed by atoms with van der Waals surface area (Å²) in [5, 5.41) is 0. The van der Waals surface area contributed by atoms with Crippen molar-refractivity contribution in [3.05, 3.63) is 59.7 Å². The highest BCUT2D eigenvalue weighted by atomic mass is 16.7. The first-order valence-electron chi connectivity index (χ1n) is 7.71. The Balaban J connectivity index is 1.56. The molecule has 116 valence electrons. The maximum absolute atomic E-state index is 12.6. The number of para-hydroxylation sites is 1. The fourth-order valence-electron chi connectivity index (χ4n) is 3.17. The van der Waals surface area contributed by atoms with Crippen molar-refractivity contribution in [1.82, 2.24) is 0 Å². The fourth-order valence-corrected chi connectivity index (χ4v) is 3.17. The van der Waals surface area contributed by atoms with Crippen molar-refractivity contribution in [3.63, 3.8) is 0 Å². The molecule has 0 aliphatic carbocycles. The summed E-state index contributed by atoms with van der Waals surface area (Å²) in [6, 6.07) is 13.9. The Morgan fingerprint density at radius 1 is 1.17 bits per heavy atom. The Morgan fingerprint density at radius 2 is 2.00 bits per heavy atom. The van der Waals surface area contributed by atoms with Gasteiger partial charge in [0.15, 0.2) is 11.5 Å². The summed E-state index contributed by atoms with van der Waals surface area (Å²) >= 11 is 0. The van der Waals surface area contributed by atoms with E-state index in [1.165, 1.54) is 5.56 Å². The van der Waals surface area contributed by atoms with E-state index in [1.54, 1.807) is 6.08 Å². The smallest absolute Gasteiger partial charge is 0.251 e. The molecule has 2 aliphatic rings. The van der Waals surface area contributed by atoms with Gasteiger partial charge in [-0.1, -0.05) is 24.3 Å². The van der Waals surface area contributed by atoms with E-state index in [2.05, 4.69) is 13.0 Å². The van der Waals surface area contributed by atoms with Crippen molar-refractivity contribution in [1.29, 1.82) is 0 Å². The molecule has 0 bridgehead atoms. The minimum atomic E-state index is 0.000108. The number of carbonyl (C=O) groups is 1. The highest BCUT2D eigenvalue weighted by Gasteiger charge is 2.29. The van der Waals surface area contributed by atoms with E-state index in [0.29, 0.717) is 0 Å². The normalized spacial score (nSPS) is 18.5. The lowest BCUT2D eigenvalue weighted by molar-refractivity contribution is -0.114. The van der Waals surface area contributed by atoms with Gasteiger partial charge in [-0.05, 0) is 48.7 Å². The van der Waals surface area contributed by atoms with Crippen LogP contribution in [0.4, 0.5) is 5.69 Å². The van der Waals surface area contributed by atoms with Crippen LogP contribution in [0.5, 0.6) is 11.5 Å². The second-order valence-corrected chi connectivity index (χ2v) is 5.84. The van der Waals surface area contributed by atoms with E-state index >= 15 is 0 Å². The van der Waals surface area contributed by atoms with E-state index < -0.39 is 0 Å². The van der Waals surface area contributed by atoms with Crippen LogP contribution in [-0.2, 0) is 11.2 Å². The summed E-state index contributed by atoms with van der Waals surface area (Å²) in [5.74, 6) is 1.47. The highest BCUT2D eigenvalue weighted by molar-refractivity contribution is 6.05. The van der Waals surface area contributed by atoms with Gasteiger partial charge in [0.05, 0.1) is 0 Å². The molecular formula is C19H17NO3. The van der Waals surface area contributed by atoms with Gasteiger partial charge in [-0.2, -0.15) is 0 Å². The van der Waals surface area contributed by atoms with Crippen LogP contribution in [0.25, 0.3) is 6.08 Å². The maximum atomic E-state index is 12.6. The molecule has 1 amide bonds. The monoisotopic (exact) mass is 307 g/mol. The molecule has 0 fully saturated rings. The molecule has 2 heterocycles. The van der Waals surface area contributed by atoms with Crippen LogP contribution in [0, 0.1) is 0 Å². The average Bonchev–Trinajstić information content (AvgIpc) is 3.15. The lowest BCUT2D eigenvalue weighted by Crippen LogP contribution is -2.34. The van der Waals surface area contributed by atoms with E-state index in [-0.39, 0.29) is 18.7 Å². The third kappa shape index (κ3) is 2.46. The van der Waals surface area contributed by atoms with E-state index in [9.17, 15) is 4.79 Å². The molecule has 0 spiro atoms. The number of fused-ring (bicyclic) bond motifs is 2. The minimum absolute atomic E-state index is 0.000108. The lowest BCUT2D eigenvalue weighted by atomic mass is 10.1. The number of amides is 1. The fraction of sp³-hybridized carbons (Fsp3) is 0.211. The van der Waals surface area contributed by atoms with Gasteiger partial charge in [0.2, 0.25) is 6.79 Å². The van der Waals surface area contributed by atoms with Crippen LogP contribution in [0.1, 0.15) is 18.1 Å². The van der Waals surface area contributed by atoms with Gasteiger partial charge in [0.1, 0.15) is 0 Å². The molecule has 23 heavy (non-hydrogen) atoms. The van der Waals surface area contributed by atoms with Crippen LogP contribution in [-0.4, -0.2) is 18.7 Å². The molecule has 4 rings (SSSR count). The Morgan fingerprint density at radius 3 is 2.91 bits per heavy atom. The van der Waals surface area contributed by atoms with Crippen LogP contribution in [0.2, 0.25) is 0 Å². The van der Waals surface area contributed by atoms with Gasteiger partial charge in [-0.15, -0.1) is 0 Å². The number of benzene rings is 2. The standard InChI is InChI=1S/C19H17NO3/c1-13-10-15-4-2-3-5-16(15)20(13)19(21)9-7-14-6-8-17-18(11-14)23-12-22-17/h2-9,11,13H,10,12H2,1H3. The zero-order valence-electron chi connectivity index (χ0n) is 12.9. The Labute approximate surface area is 134 Å². The van der Waals surface area contributed by atoms with Gasteiger partial charge < -0.3 is 14.4 Å². The molecule has 2 aliphatic heterocycles. The predicted octanol–water partition coefficient (Wildman–Crippen LogP) is 3.41. The van der Waals surface area contributed by atoms with Crippen molar-refractivity contribution in [2.45, 2.75) is 19.4 Å². The molecule has 1 atom stereocenters. The molecular weight excluding hydrogens is 290 g/mol. The summed E-state index contributed by atoms with van der Waals surface area (Å²) in [6.07, 6.45) is 4.34. The maximum Gasteiger partial charge on any atom is 0.251 e. The summed E-state index contributed by atoms with van der Waals surface area (Å²) < 4.78 is 10.6. The molecule has 4 heteroatoms. The van der Waals surface area contributed by atoms with E-state index in [1.807, 2.05) is 47.4 Å². The van der Waals surface area contributed by atoms with Gasteiger partial charge in [0, 0.05) is 17.8 Å². The number of nitrogens with zero attached hydrogens (tertiary/aromatic N) is 1. The van der Waals surface area contributed by atoms with Gasteiger partial charge in [-0.25, -0.2) is 0 Å². The number of ether oxygens (including phenoxy) is 2. The summed E-state index contributed by atoms with van der Waals surface area (Å²) in [4.78, 5) is 14.5. The Bertz CT molecular complexity index is 797. The molecule has 2 aromatic carbocycles. The number of carbonyl (C=O) groups excluding carboxylic acids is 1. The van der Waals surface area contributed by atoms with Crippen molar-refractivity contribution in [2.24, 2.45) is 0 Å². The second-order valence-electron chi connectivity index (χ2n) is 5.84. The summed E-state index contributed by atoms with van der Waals surface area (Å²) in [5.41, 5.74) is 3.16. The molecule has 0 saturated carbocycles. The van der Waals surface area contributed by atoms with Gasteiger partial charge >= 0.3 is 0 Å². The Kier molecular flexibility index (Phi) is 3.30. The predicted molar refractivity (Wildman–Crippen MR) is 88.7 cm³/mol.